The van der Waals surface area contributed by atoms with Crippen LogP contribution in [0.25, 0.3) is 6.08 Å². The summed E-state index contributed by atoms with van der Waals surface area (Å²) in [5, 5.41) is 0.114. The van der Waals surface area contributed by atoms with Crippen LogP contribution in [0.15, 0.2) is 64.0 Å². The van der Waals surface area contributed by atoms with Crippen LogP contribution in [0.1, 0.15) is 32.1 Å². The van der Waals surface area contributed by atoms with E-state index in [4.69, 9.17) is 8.84 Å². The van der Waals surface area contributed by atoms with E-state index in [1.807, 2.05) is 48.5 Å². The van der Waals surface area contributed by atoms with Gasteiger partial charge in [-0.25, -0.2) is 4.99 Å². The fraction of sp³-hybridized carbons (Fsp3) is 0.316. The number of nitrogens with zero attached hydrogens (tertiary/aromatic N) is 1. The van der Waals surface area contributed by atoms with Crippen LogP contribution in [0.5, 0.6) is 0 Å². The molecule has 0 fully saturated rings. The SMILES string of the molecule is CC(C)(C)[Si](C)(C)OC(=C/c1ccccc1)/N=C/c1ccco1. The average Bonchev–Trinajstić information content (AvgIpc) is 2.97. The summed E-state index contributed by atoms with van der Waals surface area (Å²) in [7, 11) is -1.96. The quantitative estimate of drug-likeness (QED) is 0.400. The van der Waals surface area contributed by atoms with Crippen molar-refractivity contribution in [3.8, 4) is 0 Å². The molecule has 0 bridgehead atoms. The highest BCUT2D eigenvalue weighted by molar-refractivity contribution is 6.74. The summed E-state index contributed by atoms with van der Waals surface area (Å²) in [5.41, 5.74) is 1.07. The molecule has 2 rings (SSSR count). The topological polar surface area (TPSA) is 34.7 Å². The first kappa shape index (κ1) is 17.3. The molecule has 0 N–H and O–H groups in total. The van der Waals surface area contributed by atoms with E-state index < -0.39 is 8.32 Å². The van der Waals surface area contributed by atoms with Crippen LogP contribution in [-0.2, 0) is 4.43 Å². The fourth-order valence-corrected chi connectivity index (χ4v) is 2.63. The molecule has 0 aliphatic heterocycles. The Kier molecular flexibility index (Phi) is 5.26. The van der Waals surface area contributed by atoms with Crippen molar-refractivity contribution in [2.75, 3.05) is 0 Å². The molecule has 2 aromatic rings. The minimum absolute atomic E-state index is 0.114. The average molecular weight is 328 g/mol. The maximum absolute atomic E-state index is 6.37. The summed E-state index contributed by atoms with van der Waals surface area (Å²) in [4.78, 5) is 4.52. The predicted molar refractivity (Wildman–Crippen MR) is 99.0 cm³/mol. The van der Waals surface area contributed by atoms with Gasteiger partial charge in [0.15, 0.2) is 5.88 Å². The van der Waals surface area contributed by atoms with Gasteiger partial charge in [-0.3, -0.25) is 0 Å². The zero-order valence-corrected chi connectivity index (χ0v) is 15.5. The van der Waals surface area contributed by atoms with Crippen LogP contribution >= 0.6 is 0 Å². The van der Waals surface area contributed by atoms with E-state index in [1.54, 1.807) is 12.5 Å². The van der Waals surface area contributed by atoms with E-state index in [1.165, 1.54) is 0 Å². The predicted octanol–water partition coefficient (Wildman–Crippen LogP) is 5.72. The second-order valence-electron chi connectivity index (χ2n) is 7.03. The number of benzene rings is 1. The van der Waals surface area contributed by atoms with Gasteiger partial charge in [0.05, 0.1) is 12.5 Å². The van der Waals surface area contributed by atoms with Crippen molar-refractivity contribution in [1.82, 2.24) is 0 Å². The fourth-order valence-electron chi connectivity index (χ4n) is 1.69. The Bertz CT molecular complexity index is 665. The second kappa shape index (κ2) is 7.00. The van der Waals surface area contributed by atoms with E-state index in [0.29, 0.717) is 11.6 Å². The van der Waals surface area contributed by atoms with Crippen molar-refractivity contribution >= 4 is 20.6 Å². The van der Waals surface area contributed by atoms with E-state index in [0.717, 1.165) is 5.56 Å². The van der Waals surface area contributed by atoms with Crippen molar-refractivity contribution in [2.45, 2.75) is 38.9 Å². The monoisotopic (exact) mass is 327 g/mol. The molecule has 0 saturated heterocycles. The summed E-state index contributed by atoms with van der Waals surface area (Å²) >= 11 is 0. The Morgan fingerprint density at radius 3 is 2.35 bits per heavy atom. The highest BCUT2D eigenvalue weighted by Gasteiger charge is 2.39. The van der Waals surface area contributed by atoms with Gasteiger partial charge in [0.2, 0.25) is 0 Å². The molecule has 0 amide bonds. The van der Waals surface area contributed by atoms with Crippen molar-refractivity contribution in [1.29, 1.82) is 0 Å². The van der Waals surface area contributed by atoms with Gasteiger partial charge in [0, 0.05) is 6.08 Å². The van der Waals surface area contributed by atoms with Gasteiger partial charge in [-0.05, 0) is 35.8 Å². The smallest absolute Gasteiger partial charge is 0.252 e. The maximum Gasteiger partial charge on any atom is 0.252 e. The van der Waals surface area contributed by atoms with Crippen molar-refractivity contribution in [3.63, 3.8) is 0 Å². The molecule has 0 atom stereocenters. The largest absolute Gasteiger partial charge is 0.531 e. The van der Waals surface area contributed by atoms with E-state index in [-0.39, 0.29) is 5.04 Å². The Balaban J connectivity index is 2.30. The van der Waals surface area contributed by atoms with Crippen molar-refractivity contribution in [3.05, 3.63) is 65.9 Å². The highest BCUT2D eigenvalue weighted by atomic mass is 28.4. The second-order valence-corrected chi connectivity index (χ2v) is 11.8. The summed E-state index contributed by atoms with van der Waals surface area (Å²) in [6, 6.07) is 13.8. The summed E-state index contributed by atoms with van der Waals surface area (Å²) in [6.07, 6.45) is 5.30. The molecule has 4 heteroatoms. The maximum atomic E-state index is 6.37. The van der Waals surface area contributed by atoms with Crippen LogP contribution < -0.4 is 0 Å². The first-order chi connectivity index (χ1) is 10.8. The number of furan rings is 1. The lowest BCUT2D eigenvalue weighted by Gasteiger charge is -2.36. The Morgan fingerprint density at radius 1 is 1.09 bits per heavy atom. The van der Waals surface area contributed by atoms with E-state index in [9.17, 15) is 0 Å². The molecule has 1 aromatic carbocycles. The van der Waals surface area contributed by atoms with Gasteiger partial charge >= 0.3 is 0 Å². The van der Waals surface area contributed by atoms with Crippen molar-refractivity contribution < 1.29 is 8.84 Å². The number of hydrogen-bond donors (Lipinski definition) is 0. The molecule has 1 aromatic heterocycles. The number of hydrogen-bond acceptors (Lipinski definition) is 3. The zero-order valence-electron chi connectivity index (χ0n) is 14.5. The van der Waals surface area contributed by atoms with Crippen LogP contribution in [0.2, 0.25) is 18.1 Å². The van der Waals surface area contributed by atoms with E-state index >= 15 is 0 Å². The molecule has 0 spiro atoms. The molecule has 0 aliphatic rings. The summed E-state index contributed by atoms with van der Waals surface area (Å²) in [6.45, 7) is 11.1. The van der Waals surface area contributed by atoms with E-state index in [2.05, 4.69) is 38.9 Å². The highest BCUT2D eigenvalue weighted by Crippen LogP contribution is 2.38. The summed E-state index contributed by atoms with van der Waals surface area (Å²) in [5.74, 6) is 1.34. The minimum atomic E-state index is -1.96. The molecule has 0 saturated carbocycles. The standard InChI is InChI=1S/C19H25NO2Si/c1-19(2,3)23(4,5)22-18(14-16-10-7-6-8-11-16)20-15-17-12-9-13-21-17/h6-15H,1-5H3/b18-14+,20-15+. The molecule has 0 unspecified atom stereocenters. The molecule has 0 radical (unpaired) electrons. The molecular weight excluding hydrogens is 302 g/mol. The Morgan fingerprint density at radius 2 is 1.78 bits per heavy atom. The third-order valence-corrected chi connectivity index (χ3v) is 8.45. The van der Waals surface area contributed by atoms with Gasteiger partial charge in [0.25, 0.3) is 8.32 Å². The third-order valence-electron chi connectivity index (χ3n) is 4.12. The van der Waals surface area contributed by atoms with Crippen LogP contribution in [0, 0.1) is 0 Å². The molecular formula is C19H25NO2Si. The number of aliphatic imine (C=N–C) groups is 1. The summed E-state index contributed by atoms with van der Waals surface area (Å²) < 4.78 is 11.7. The third kappa shape index (κ3) is 4.96. The van der Waals surface area contributed by atoms with Crippen LogP contribution in [-0.4, -0.2) is 14.5 Å². The van der Waals surface area contributed by atoms with Crippen LogP contribution in [0.3, 0.4) is 0 Å². The molecule has 122 valence electrons. The Hall–Kier alpha value is -2.07. The van der Waals surface area contributed by atoms with Gasteiger partial charge in [-0.2, -0.15) is 0 Å². The number of rotatable bonds is 5. The van der Waals surface area contributed by atoms with Gasteiger partial charge in [-0.15, -0.1) is 0 Å². The van der Waals surface area contributed by atoms with Gasteiger partial charge in [0.1, 0.15) is 5.76 Å². The zero-order chi connectivity index (χ0) is 16.9. The Labute approximate surface area is 139 Å². The lowest BCUT2D eigenvalue weighted by Crippen LogP contribution is -2.40. The van der Waals surface area contributed by atoms with Crippen molar-refractivity contribution in [2.24, 2.45) is 4.99 Å². The minimum Gasteiger partial charge on any atom is -0.531 e. The molecule has 23 heavy (non-hydrogen) atoms. The lowest BCUT2D eigenvalue weighted by atomic mass is 10.2. The first-order valence-corrected chi connectivity index (χ1v) is 10.7. The normalized spacial score (nSPS) is 13.5. The molecule has 3 nitrogen and oxygen atoms in total. The van der Waals surface area contributed by atoms with Crippen LogP contribution in [0.4, 0.5) is 0 Å². The molecule has 0 aliphatic carbocycles. The molecule has 1 heterocycles. The van der Waals surface area contributed by atoms with Gasteiger partial charge < -0.3 is 8.84 Å². The lowest BCUT2D eigenvalue weighted by molar-refractivity contribution is 0.385. The first-order valence-electron chi connectivity index (χ1n) is 7.81. The van der Waals surface area contributed by atoms with Gasteiger partial charge in [-0.1, -0.05) is 51.1 Å².